The van der Waals surface area contributed by atoms with E-state index in [1.165, 1.54) is 11.3 Å². The molecule has 2 aromatic heterocycles. The molecule has 1 amide bonds. The number of likely N-dealkylation sites (N-methyl/N-ethyl adjacent to an activating group) is 1. The quantitative estimate of drug-likeness (QED) is 0.781. The Morgan fingerprint density at radius 1 is 1.41 bits per heavy atom. The van der Waals surface area contributed by atoms with E-state index < -0.39 is 0 Å². The van der Waals surface area contributed by atoms with Gasteiger partial charge in [0.25, 0.3) is 5.91 Å². The number of hydrogen-bond acceptors (Lipinski definition) is 6. The Labute approximate surface area is 131 Å². The van der Waals surface area contributed by atoms with Gasteiger partial charge in [0.05, 0.1) is 5.39 Å². The van der Waals surface area contributed by atoms with E-state index in [1.807, 2.05) is 30.4 Å². The largest absolute Gasteiger partial charge is 0.356 e. The predicted molar refractivity (Wildman–Crippen MR) is 86.0 cm³/mol. The number of fused-ring (bicyclic) bond motifs is 1. The topological polar surface area (TPSA) is 71.3 Å². The molecule has 22 heavy (non-hydrogen) atoms. The van der Waals surface area contributed by atoms with Crippen molar-refractivity contribution >= 4 is 28.2 Å². The number of amides is 1. The molecule has 0 aliphatic heterocycles. The number of aromatic nitrogens is 2. The van der Waals surface area contributed by atoms with Crippen LogP contribution >= 0.6 is 11.3 Å². The number of nitrogens with zero attached hydrogens (tertiary/aromatic N) is 3. The zero-order valence-electron chi connectivity index (χ0n) is 12.4. The normalized spacial score (nSPS) is 11.2. The van der Waals surface area contributed by atoms with Gasteiger partial charge in [0, 0.05) is 30.2 Å². The molecule has 3 aromatic rings. The van der Waals surface area contributed by atoms with Crippen molar-refractivity contribution in [3.05, 3.63) is 35.3 Å². The smallest absolute Gasteiger partial charge is 0.251 e. The summed E-state index contributed by atoms with van der Waals surface area (Å²) in [5, 5.41) is 10.5. The van der Waals surface area contributed by atoms with E-state index in [9.17, 15) is 4.79 Å². The molecule has 0 saturated carbocycles. The number of rotatable bonds is 5. The van der Waals surface area contributed by atoms with Gasteiger partial charge >= 0.3 is 0 Å². The summed E-state index contributed by atoms with van der Waals surface area (Å²) in [6, 6.07) is 5.34. The SMILES string of the molecule is CN(C)CCNC(=O)c1ccc2c(-c3nccs3)noc2c1. The van der Waals surface area contributed by atoms with Gasteiger partial charge in [0.1, 0.15) is 10.7 Å². The van der Waals surface area contributed by atoms with Crippen molar-refractivity contribution in [1.82, 2.24) is 20.4 Å². The van der Waals surface area contributed by atoms with Gasteiger partial charge in [-0.2, -0.15) is 0 Å². The number of carbonyl (C=O) groups excluding carboxylic acids is 1. The molecule has 0 atom stereocenters. The van der Waals surface area contributed by atoms with Crippen molar-refractivity contribution in [1.29, 1.82) is 0 Å². The van der Waals surface area contributed by atoms with E-state index >= 15 is 0 Å². The monoisotopic (exact) mass is 316 g/mol. The second-order valence-corrected chi connectivity index (χ2v) is 6.03. The van der Waals surface area contributed by atoms with E-state index in [0.717, 1.165) is 16.9 Å². The molecular formula is C15H16N4O2S. The zero-order valence-corrected chi connectivity index (χ0v) is 13.2. The van der Waals surface area contributed by atoms with Crippen LogP contribution in [0.3, 0.4) is 0 Å². The lowest BCUT2D eigenvalue weighted by Crippen LogP contribution is -2.31. The molecule has 7 heteroatoms. The third kappa shape index (κ3) is 3.00. The molecule has 0 radical (unpaired) electrons. The highest BCUT2D eigenvalue weighted by Gasteiger charge is 2.14. The molecule has 0 bridgehead atoms. The first-order chi connectivity index (χ1) is 10.6. The van der Waals surface area contributed by atoms with E-state index in [4.69, 9.17) is 4.52 Å². The molecular weight excluding hydrogens is 300 g/mol. The first-order valence-corrected chi connectivity index (χ1v) is 7.75. The molecule has 1 aromatic carbocycles. The summed E-state index contributed by atoms with van der Waals surface area (Å²) in [7, 11) is 3.93. The summed E-state index contributed by atoms with van der Waals surface area (Å²) in [6.45, 7) is 1.40. The third-order valence-corrected chi connectivity index (χ3v) is 3.99. The van der Waals surface area contributed by atoms with Crippen LogP contribution in [0.15, 0.2) is 34.3 Å². The Kier molecular flexibility index (Phi) is 4.17. The van der Waals surface area contributed by atoms with Crippen LogP contribution in [0.5, 0.6) is 0 Å². The van der Waals surface area contributed by atoms with Gasteiger partial charge in [-0.15, -0.1) is 11.3 Å². The average Bonchev–Trinajstić information content (AvgIpc) is 3.14. The summed E-state index contributed by atoms with van der Waals surface area (Å²) in [4.78, 5) is 18.4. The number of nitrogens with one attached hydrogen (secondary N) is 1. The first kappa shape index (κ1) is 14.7. The van der Waals surface area contributed by atoms with Gasteiger partial charge in [-0.05, 0) is 32.3 Å². The molecule has 0 aliphatic carbocycles. The van der Waals surface area contributed by atoms with Crippen LogP contribution in [-0.4, -0.2) is 48.1 Å². The molecule has 0 spiro atoms. The fraction of sp³-hybridized carbons (Fsp3) is 0.267. The van der Waals surface area contributed by atoms with E-state index in [-0.39, 0.29) is 5.91 Å². The minimum atomic E-state index is -0.115. The summed E-state index contributed by atoms with van der Waals surface area (Å²) in [6.07, 6.45) is 1.73. The summed E-state index contributed by atoms with van der Waals surface area (Å²) >= 11 is 1.50. The van der Waals surface area contributed by atoms with E-state index in [1.54, 1.807) is 18.3 Å². The van der Waals surface area contributed by atoms with Crippen molar-refractivity contribution in [2.75, 3.05) is 27.2 Å². The lowest BCUT2D eigenvalue weighted by molar-refractivity contribution is 0.0951. The van der Waals surface area contributed by atoms with Gasteiger partial charge in [0.15, 0.2) is 5.58 Å². The summed E-state index contributed by atoms with van der Waals surface area (Å²) in [5.74, 6) is -0.115. The third-order valence-electron chi connectivity index (χ3n) is 3.21. The Morgan fingerprint density at radius 3 is 3.00 bits per heavy atom. The van der Waals surface area contributed by atoms with Crippen LogP contribution in [0.4, 0.5) is 0 Å². The Hall–Kier alpha value is -2.25. The van der Waals surface area contributed by atoms with Gasteiger partial charge in [0.2, 0.25) is 0 Å². The number of benzene rings is 1. The molecule has 0 unspecified atom stereocenters. The fourth-order valence-electron chi connectivity index (χ4n) is 2.07. The maximum Gasteiger partial charge on any atom is 0.251 e. The highest BCUT2D eigenvalue weighted by atomic mass is 32.1. The second kappa shape index (κ2) is 6.25. The molecule has 0 fully saturated rings. The van der Waals surface area contributed by atoms with Gasteiger partial charge in [-0.1, -0.05) is 5.16 Å². The van der Waals surface area contributed by atoms with Crippen LogP contribution < -0.4 is 5.32 Å². The highest BCUT2D eigenvalue weighted by Crippen LogP contribution is 2.29. The Morgan fingerprint density at radius 2 is 2.27 bits per heavy atom. The molecule has 0 aliphatic rings. The number of hydrogen-bond donors (Lipinski definition) is 1. The standard InChI is InChI=1S/C15H16N4O2S/c1-19(2)7-5-16-14(20)10-3-4-11-12(9-10)21-18-13(11)15-17-6-8-22-15/h3-4,6,8-9H,5,7H2,1-2H3,(H,16,20). The molecule has 2 heterocycles. The zero-order chi connectivity index (χ0) is 15.5. The molecule has 6 nitrogen and oxygen atoms in total. The maximum absolute atomic E-state index is 12.1. The van der Waals surface area contributed by atoms with Gasteiger partial charge < -0.3 is 14.7 Å². The number of thiazole rings is 1. The molecule has 3 rings (SSSR count). The second-order valence-electron chi connectivity index (χ2n) is 5.14. The van der Waals surface area contributed by atoms with Crippen molar-refractivity contribution in [2.45, 2.75) is 0 Å². The lowest BCUT2D eigenvalue weighted by atomic mass is 10.1. The summed E-state index contributed by atoms with van der Waals surface area (Å²) in [5.41, 5.74) is 1.86. The fourth-order valence-corrected chi connectivity index (χ4v) is 2.70. The van der Waals surface area contributed by atoms with Crippen molar-refractivity contribution < 1.29 is 9.32 Å². The van der Waals surface area contributed by atoms with Crippen LogP contribution in [0.2, 0.25) is 0 Å². The van der Waals surface area contributed by atoms with Crippen molar-refractivity contribution in [2.24, 2.45) is 0 Å². The van der Waals surface area contributed by atoms with Crippen LogP contribution in [0.1, 0.15) is 10.4 Å². The Bertz CT molecular complexity index is 780. The highest BCUT2D eigenvalue weighted by molar-refractivity contribution is 7.13. The predicted octanol–water partition coefficient (Wildman–Crippen LogP) is 2.24. The average molecular weight is 316 g/mol. The van der Waals surface area contributed by atoms with E-state index in [0.29, 0.717) is 23.4 Å². The van der Waals surface area contributed by atoms with Gasteiger partial charge in [-0.3, -0.25) is 4.79 Å². The van der Waals surface area contributed by atoms with Crippen LogP contribution in [0, 0.1) is 0 Å². The van der Waals surface area contributed by atoms with Gasteiger partial charge in [-0.25, -0.2) is 4.98 Å². The van der Waals surface area contributed by atoms with E-state index in [2.05, 4.69) is 15.5 Å². The van der Waals surface area contributed by atoms with Crippen molar-refractivity contribution in [3.63, 3.8) is 0 Å². The molecule has 114 valence electrons. The molecule has 0 saturated heterocycles. The van der Waals surface area contributed by atoms with Crippen LogP contribution in [0.25, 0.3) is 21.7 Å². The van der Waals surface area contributed by atoms with Crippen LogP contribution in [-0.2, 0) is 0 Å². The summed E-state index contributed by atoms with van der Waals surface area (Å²) < 4.78 is 5.33. The lowest BCUT2D eigenvalue weighted by Gasteiger charge is -2.10. The maximum atomic E-state index is 12.1. The molecule has 1 N–H and O–H groups in total. The number of carbonyl (C=O) groups is 1. The Balaban J connectivity index is 1.81. The minimum absolute atomic E-state index is 0.115. The minimum Gasteiger partial charge on any atom is -0.356 e. The van der Waals surface area contributed by atoms with Crippen molar-refractivity contribution in [3.8, 4) is 10.7 Å². The first-order valence-electron chi connectivity index (χ1n) is 6.87.